The van der Waals surface area contributed by atoms with Crippen LogP contribution in [0.15, 0.2) is 6.20 Å². The van der Waals surface area contributed by atoms with Crippen LogP contribution in [0, 0.1) is 0 Å². The van der Waals surface area contributed by atoms with E-state index < -0.39 is 6.10 Å². The number of carbonyl (C=O) groups excluding carboxylic acids is 1. The molecule has 1 aromatic rings. The van der Waals surface area contributed by atoms with Gasteiger partial charge in [-0.2, -0.15) is 0 Å². The zero-order valence-corrected chi connectivity index (χ0v) is 12.5. The first-order chi connectivity index (χ1) is 8.32. The predicted molar refractivity (Wildman–Crippen MR) is 74.1 cm³/mol. The number of thiazole rings is 1. The minimum atomic E-state index is -0.520. The Morgan fingerprint density at radius 1 is 1.39 bits per heavy atom. The minimum Gasteiger partial charge on any atom is -0.392 e. The first-order valence-corrected chi connectivity index (χ1v) is 7.09. The van der Waals surface area contributed by atoms with Gasteiger partial charge in [-0.25, -0.2) is 4.98 Å². The average Bonchev–Trinajstić information content (AvgIpc) is 2.73. The molecule has 0 aliphatic carbocycles. The van der Waals surface area contributed by atoms with Crippen LogP contribution in [0.3, 0.4) is 0 Å². The summed E-state index contributed by atoms with van der Waals surface area (Å²) in [7, 11) is 0. The second kappa shape index (κ2) is 6.29. The Balaban J connectivity index is 2.88. The van der Waals surface area contributed by atoms with Crippen LogP contribution in [0.4, 0.5) is 0 Å². The van der Waals surface area contributed by atoms with Crippen LogP contribution in [0.1, 0.15) is 55.2 Å². The van der Waals surface area contributed by atoms with Crippen LogP contribution < -0.4 is 0 Å². The molecule has 0 saturated heterocycles. The number of hydrogen-bond donors (Lipinski definition) is 1. The molecule has 1 amide bonds. The highest BCUT2D eigenvalue weighted by molar-refractivity contribution is 7.13. The van der Waals surface area contributed by atoms with Crippen LogP contribution in [0.2, 0.25) is 0 Å². The Hall–Kier alpha value is -0.940. The summed E-state index contributed by atoms with van der Waals surface area (Å²) in [5.41, 5.74) is 0. The summed E-state index contributed by atoms with van der Waals surface area (Å²) in [6.07, 6.45) is 1.12. The topological polar surface area (TPSA) is 53.4 Å². The molecular formula is C13H22N2O2S. The van der Waals surface area contributed by atoms with E-state index in [0.717, 1.165) is 5.01 Å². The fourth-order valence-corrected chi connectivity index (χ4v) is 2.48. The molecule has 1 N–H and O–H groups in total. The molecular weight excluding hydrogens is 248 g/mol. The molecule has 0 spiro atoms. The third-order valence-corrected chi connectivity index (χ3v) is 3.86. The Kier molecular flexibility index (Phi) is 5.28. The first-order valence-electron chi connectivity index (χ1n) is 6.27. The highest BCUT2D eigenvalue weighted by Gasteiger charge is 2.22. The molecule has 0 saturated carbocycles. The lowest BCUT2D eigenvalue weighted by Crippen LogP contribution is -2.41. The normalized spacial score (nSPS) is 13.1. The minimum absolute atomic E-state index is 0.0460. The van der Waals surface area contributed by atoms with Gasteiger partial charge in [0.2, 0.25) is 0 Å². The van der Waals surface area contributed by atoms with Gasteiger partial charge in [0.15, 0.2) is 0 Å². The summed E-state index contributed by atoms with van der Waals surface area (Å²) in [4.78, 5) is 18.9. The second-order valence-electron chi connectivity index (χ2n) is 5.12. The third-order valence-electron chi connectivity index (χ3n) is 2.57. The lowest BCUT2D eigenvalue weighted by Gasteiger charge is -2.27. The largest absolute Gasteiger partial charge is 0.392 e. The van der Waals surface area contributed by atoms with Crippen molar-refractivity contribution >= 4 is 17.2 Å². The van der Waals surface area contributed by atoms with Gasteiger partial charge in [-0.1, -0.05) is 13.8 Å². The summed E-state index contributed by atoms with van der Waals surface area (Å²) in [5.74, 6) is 0.288. The monoisotopic (exact) mass is 270 g/mol. The number of amides is 1. The molecule has 0 fully saturated rings. The van der Waals surface area contributed by atoms with Gasteiger partial charge >= 0.3 is 0 Å². The Labute approximate surface area is 113 Å². The fourth-order valence-electron chi connectivity index (χ4n) is 1.61. The Bertz CT molecular complexity index is 399. The van der Waals surface area contributed by atoms with Crippen molar-refractivity contribution in [3.05, 3.63) is 16.1 Å². The van der Waals surface area contributed by atoms with Crippen molar-refractivity contribution in [1.82, 2.24) is 9.88 Å². The van der Waals surface area contributed by atoms with E-state index in [1.54, 1.807) is 18.0 Å². The zero-order chi connectivity index (χ0) is 13.9. The standard InChI is InChI=1S/C13H22N2O2S/c1-8(2)12-14-6-11(18-12)13(17)15(9(3)4)7-10(5)16/h6,8-10,16H,7H2,1-5H3. The lowest BCUT2D eigenvalue weighted by molar-refractivity contribution is 0.0583. The smallest absolute Gasteiger partial charge is 0.265 e. The van der Waals surface area contributed by atoms with Gasteiger partial charge in [-0.05, 0) is 20.8 Å². The van der Waals surface area contributed by atoms with Crippen molar-refractivity contribution < 1.29 is 9.90 Å². The number of nitrogens with zero attached hydrogens (tertiary/aromatic N) is 2. The zero-order valence-electron chi connectivity index (χ0n) is 11.7. The number of aromatic nitrogens is 1. The molecule has 0 aliphatic rings. The maximum absolute atomic E-state index is 12.3. The quantitative estimate of drug-likeness (QED) is 0.894. The average molecular weight is 270 g/mol. The molecule has 1 rings (SSSR count). The van der Waals surface area contributed by atoms with Crippen LogP contribution in [-0.2, 0) is 0 Å². The van der Waals surface area contributed by atoms with Crippen molar-refractivity contribution in [2.45, 2.75) is 52.7 Å². The van der Waals surface area contributed by atoms with Gasteiger partial charge in [0.25, 0.3) is 5.91 Å². The van der Waals surface area contributed by atoms with Crippen molar-refractivity contribution in [3.8, 4) is 0 Å². The molecule has 1 unspecified atom stereocenters. The van der Waals surface area contributed by atoms with Gasteiger partial charge < -0.3 is 10.0 Å². The maximum Gasteiger partial charge on any atom is 0.265 e. The first kappa shape index (κ1) is 15.1. The predicted octanol–water partition coefficient (Wildman–Crippen LogP) is 2.50. The molecule has 1 aromatic heterocycles. The van der Waals surface area contributed by atoms with E-state index in [0.29, 0.717) is 17.3 Å². The summed E-state index contributed by atoms with van der Waals surface area (Å²) in [6, 6.07) is 0.0664. The van der Waals surface area contributed by atoms with Crippen molar-refractivity contribution in [1.29, 1.82) is 0 Å². The van der Waals surface area contributed by atoms with E-state index in [1.807, 2.05) is 13.8 Å². The summed E-state index contributed by atoms with van der Waals surface area (Å²) in [6.45, 7) is 10.1. The molecule has 1 atom stereocenters. The van der Waals surface area contributed by atoms with Crippen molar-refractivity contribution in [3.63, 3.8) is 0 Å². The Morgan fingerprint density at radius 2 is 2.00 bits per heavy atom. The highest BCUT2D eigenvalue weighted by Crippen LogP contribution is 2.22. The second-order valence-corrected chi connectivity index (χ2v) is 6.18. The molecule has 18 heavy (non-hydrogen) atoms. The maximum atomic E-state index is 12.3. The molecule has 5 heteroatoms. The van der Waals surface area contributed by atoms with E-state index in [-0.39, 0.29) is 11.9 Å². The molecule has 0 aliphatic heterocycles. The van der Waals surface area contributed by atoms with E-state index in [1.165, 1.54) is 11.3 Å². The van der Waals surface area contributed by atoms with E-state index in [9.17, 15) is 9.90 Å². The van der Waals surface area contributed by atoms with Crippen molar-refractivity contribution in [2.24, 2.45) is 0 Å². The van der Waals surface area contributed by atoms with Gasteiger partial charge in [-0.3, -0.25) is 4.79 Å². The van der Waals surface area contributed by atoms with Gasteiger partial charge in [0.05, 0.1) is 17.3 Å². The van der Waals surface area contributed by atoms with E-state index >= 15 is 0 Å². The fraction of sp³-hybridized carbons (Fsp3) is 0.692. The number of rotatable bonds is 5. The lowest BCUT2D eigenvalue weighted by atomic mass is 10.2. The van der Waals surface area contributed by atoms with Crippen LogP contribution in [-0.4, -0.2) is 39.6 Å². The summed E-state index contributed by atoms with van der Waals surface area (Å²) in [5, 5.41) is 10.4. The van der Waals surface area contributed by atoms with Crippen LogP contribution in [0.25, 0.3) is 0 Å². The molecule has 0 aromatic carbocycles. The number of aliphatic hydroxyl groups is 1. The van der Waals surface area contributed by atoms with Gasteiger partial charge in [0.1, 0.15) is 4.88 Å². The summed E-state index contributed by atoms with van der Waals surface area (Å²) < 4.78 is 0. The molecule has 4 nitrogen and oxygen atoms in total. The van der Waals surface area contributed by atoms with Crippen LogP contribution in [0.5, 0.6) is 0 Å². The third kappa shape index (κ3) is 3.78. The Morgan fingerprint density at radius 3 is 2.39 bits per heavy atom. The number of carbonyl (C=O) groups is 1. The van der Waals surface area contributed by atoms with Crippen molar-refractivity contribution in [2.75, 3.05) is 6.54 Å². The molecule has 0 bridgehead atoms. The molecule has 102 valence electrons. The SMILES string of the molecule is CC(O)CN(C(=O)c1cnc(C(C)C)s1)C(C)C. The van der Waals surface area contributed by atoms with Gasteiger partial charge in [-0.15, -0.1) is 11.3 Å². The van der Waals surface area contributed by atoms with E-state index in [2.05, 4.69) is 18.8 Å². The van der Waals surface area contributed by atoms with Crippen LogP contribution >= 0.6 is 11.3 Å². The molecule has 1 heterocycles. The van der Waals surface area contributed by atoms with Gasteiger partial charge in [0, 0.05) is 18.5 Å². The summed E-state index contributed by atoms with van der Waals surface area (Å²) >= 11 is 1.44. The highest BCUT2D eigenvalue weighted by atomic mass is 32.1. The number of hydrogen-bond acceptors (Lipinski definition) is 4. The number of aliphatic hydroxyl groups excluding tert-OH is 1. The van der Waals surface area contributed by atoms with E-state index in [4.69, 9.17) is 0 Å². The molecule has 0 radical (unpaired) electrons.